The highest BCUT2D eigenvalue weighted by Crippen LogP contribution is 2.26. The van der Waals surface area contributed by atoms with Crippen LogP contribution in [0.1, 0.15) is 48.2 Å². The van der Waals surface area contributed by atoms with Gasteiger partial charge in [-0.15, -0.1) is 0 Å². The van der Waals surface area contributed by atoms with Crippen molar-refractivity contribution in [1.29, 1.82) is 0 Å². The van der Waals surface area contributed by atoms with Crippen molar-refractivity contribution in [2.24, 2.45) is 0 Å². The van der Waals surface area contributed by atoms with Crippen molar-refractivity contribution in [3.8, 4) is 0 Å². The fourth-order valence-electron chi connectivity index (χ4n) is 2.61. The molecule has 20 heavy (non-hydrogen) atoms. The van der Waals surface area contributed by atoms with Crippen molar-refractivity contribution in [2.75, 3.05) is 0 Å². The van der Waals surface area contributed by atoms with E-state index >= 15 is 0 Å². The first-order valence-corrected chi connectivity index (χ1v) is 7.86. The normalized spacial score (nSPS) is 14.1. The lowest BCUT2D eigenvalue weighted by Gasteiger charge is -2.23. The minimum atomic E-state index is 0.306. The van der Waals surface area contributed by atoms with E-state index in [1.54, 1.807) is 0 Å². The van der Waals surface area contributed by atoms with Gasteiger partial charge in [0.2, 0.25) is 0 Å². The standard InChI is InChI=1S/C18H22BrN/c1-12-9-10-13(2)17(11-12)15(4)20-14(3)16-7-5-6-8-18(16)19/h5-11,14-15,20H,1-4H3/t14-,15?/m0/s1. The minimum absolute atomic E-state index is 0.306. The first-order valence-electron chi connectivity index (χ1n) is 7.06. The van der Waals surface area contributed by atoms with Crippen molar-refractivity contribution in [1.82, 2.24) is 5.32 Å². The van der Waals surface area contributed by atoms with Crippen molar-refractivity contribution >= 4 is 15.9 Å². The Labute approximate surface area is 130 Å². The number of hydrogen-bond acceptors (Lipinski definition) is 1. The highest BCUT2D eigenvalue weighted by Gasteiger charge is 2.14. The molecule has 0 amide bonds. The molecule has 1 N–H and O–H groups in total. The highest BCUT2D eigenvalue weighted by atomic mass is 79.9. The zero-order valence-corrected chi connectivity index (χ0v) is 14.2. The van der Waals surface area contributed by atoms with Gasteiger partial charge in [0.05, 0.1) is 0 Å². The lowest BCUT2D eigenvalue weighted by molar-refractivity contribution is 0.492. The number of halogens is 1. The smallest absolute Gasteiger partial charge is 0.0308 e. The molecule has 0 saturated carbocycles. The lowest BCUT2D eigenvalue weighted by atomic mass is 9.98. The van der Waals surface area contributed by atoms with Gasteiger partial charge in [0, 0.05) is 16.6 Å². The van der Waals surface area contributed by atoms with E-state index in [4.69, 9.17) is 0 Å². The van der Waals surface area contributed by atoms with Gasteiger partial charge in [0.25, 0.3) is 0 Å². The molecular weight excluding hydrogens is 310 g/mol. The second kappa shape index (κ2) is 6.55. The zero-order chi connectivity index (χ0) is 14.7. The summed E-state index contributed by atoms with van der Waals surface area (Å²) in [5, 5.41) is 3.69. The fourth-order valence-corrected chi connectivity index (χ4v) is 3.24. The van der Waals surface area contributed by atoms with Crippen molar-refractivity contribution in [3.05, 3.63) is 69.2 Å². The molecule has 1 nitrogen and oxygen atoms in total. The molecule has 0 aliphatic rings. The summed E-state index contributed by atoms with van der Waals surface area (Å²) in [6.07, 6.45) is 0. The van der Waals surface area contributed by atoms with Gasteiger partial charge in [-0.1, -0.05) is 57.9 Å². The summed E-state index contributed by atoms with van der Waals surface area (Å²) in [6, 6.07) is 15.7. The Morgan fingerprint density at radius 1 is 0.900 bits per heavy atom. The van der Waals surface area contributed by atoms with E-state index < -0.39 is 0 Å². The van der Waals surface area contributed by atoms with Gasteiger partial charge in [0.1, 0.15) is 0 Å². The van der Waals surface area contributed by atoms with E-state index in [1.807, 2.05) is 0 Å². The monoisotopic (exact) mass is 331 g/mol. The van der Waals surface area contributed by atoms with Crippen LogP contribution in [0, 0.1) is 13.8 Å². The van der Waals surface area contributed by atoms with Gasteiger partial charge in [0.15, 0.2) is 0 Å². The van der Waals surface area contributed by atoms with E-state index in [0.717, 1.165) is 4.47 Å². The van der Waals surface area contributed by atoms with Gasteiger partial charge < -0.3 is 5.32 Å². The number of aryl methyl sites for hydroxylation is 2. The summed E-state index contributed by atoms with van der Waals surface area (Å²) in [7, 11) is 0. The molecule has 0 saturated heterocycles. The highest BCUT2D eigenvalue weighted by molar-refractivity contribution is 9.10. The molecule has 2 heteroatoms. The van der Waals surface area contributed by atoms with Crippen LogP contribution in [0.2, 0.25) is 0 Å². The third kappa shape index (κ3) is 3.50. The van der Waals surface area contributed by atoms with Gasteiger partial charge >= 0.3 is 0 Å². The Bertz CT molecular complexity index is 592. The maximum absolute atomic E-state index is 3.69. The van der Waals surface area contributed by atoms with Crippen LogP contribution in [0.4, 0.5) is 0 Å². The first kappa shape index (κ1) is 15.3. The van der Waals surface area contributed by atoms with Crippen LogP contribution in [0.15, 0.2) is 46.9 Å². The number of nitrogens with one attached hydrogen (secondary N) is 1. The molecule has 1 unspecified atom stereocenters. The Morgan fingerprint density at radius 2 is 1.55 bits per heavy atom. The second-order valence-corrected chi connectivity index (χ2v) is 6.35. The van der Waals surface area contributed by atoms with Crippen LogP contribution in [0.25, 0.3) is 0 Å². The summed E-state index contributed by atoms with van der Waals surface area (Å²) in [5.74, 6) is 0. The molecule has 0 bridgehead atoms. The van der Waals surface area contributed by atoms with E-state index in [0.29, 0.717) is 12.1 Å². The molecule has 2 rings (SSSR count). The molecule has 2 aromatic carbocycles. The maximum atomic E-state index is 3.69. The molecule has 0 aliphatic carbocycles. The summed E-state index contributed by atoms with van der Waals surface area (Å²) < 4.78 is 1.16. The summed E-state index contributed by atoms with van der Waals surface area (Å²) in [4.78, 5) is 0. The van der Waals surface area contributed by atoms with Gasteiger partial charge in [-0.05, 0) is 50.5 Å². The Hall–Kier alpha value is -1.12. The third-order valence-corrected chi connectivity index (χ3v) is 4.50. The molecule has 0 aliphatic heterocycles. The summed E-state index contributed by atoms with van der Waals surface area (Å²) >= 11 is 3.63. The zero-order valence-electron chi connectivity index (χ0n) is 12.6. The SMILES string of the molecule is Cc1ccc(C)c(C(C)N[C@@H](C)c2ccccc2Br)c1. The Kier molecular flexibility index (Phi) is 5.00. The predicted octanol–water partition coefficient (Wildman–Crippen LogP) is 5.48. The Morgan fingerprint density at radius 3 is 2.25 bits per heavy atom. The van der Waals surface area contributed by atoms with E-state index in [1.165, 1.54) is 22.3 Å². The molecule has 2 atom stereocenters. The van der Waals surface area contributed by atoms with Crippen LogP contribution in [0.5, 0.6) is 0 Å². The maximum Gasteiger partial charge on any atom is 0.0308 e. The average Bonchev–Trinajstić information content (AvgIpc) is 2.41. The molecule has 106 valence electrons. The van der Waals surface area contributed by atoms with Crippen LogP contribution in [-0.4, -0.2) is 0 Å². The molecule has 2 aromatic rings. The molecular formula is C18H22BrN. The van der Waals surface area contributed by atoms with E-state index in [2.05, 4.69) is 91.4 Å². The molecule has 0 spiro atoms. The fraction of sp³-hybridized carbons (Fsp3) is 0.333. The van der Waals surface area contributed by atoms with Gasteiger partial charge in [-0.25, -0.2) is 0 Å². The number of hydrogen-bond donors (Lipinski definition) is 1. The molecule has 0 heterocycles. The predicted molar refractivity (Wildman–Crippen MR) is 90.0 cm³/mol. The second-order valence-electron chi connectivity index (χ2n) is 5.49. The van der Waals surface area contributed by atoms with E-state index in [9.17, 15) is 0 Å². The summed E-state index contributed by atoms with van der Waals surface area (Å²) in [6.45, 7) is 8.76. The first-order chi connectivity index (χ1) is 9.49. The van der Waals surface area contributed by atoms with Crippen LogP contribution in [0.3, 0.4) is 0 Å². The topological polar surface area (TPSA) is 12.0 Å². The largest absolute Gasteiger partial charge is 0.304 e. The Balaban J connectivity index is 2.17. The molecule has 0 aromatic heterocycles. The van der Waals surface area contributed by atoms with Crippen LogP contribution >= 0.6 is 15.9 Å². The quantitative estimate of drug-likeness (QED) is 0.782. The van der Waals surface area contributed by atoms with E-state index in [-0.39, 0.29) is 0 Å². The van der Waals surface area contributed by atoms with Crippen LogP contribution in [-0.2, 0) is 0 Å². The van der Waals surface area contributed by atoms with Gasteiger partial charge in [-0.2, -0.15) is 0 Å². The van der Waals surface area contributed by atoms with Gasteiger partial charge in [-0.3, -0.25) is 0 Å². The molecule has 0 fully saturated rings. The lowest BCUT2D eigenvalue weighted by Crippen LogP contribution is -2.23. The third-order valence-electron chi connectivity index (χ3n) is 3.77. The number of rotatable bonds is 4. The summed E-state index contributed by atoms with van der Waals surface area (Å²) in [5.41, 5.74) is 5.33. The molecule has 0 radical (unpaired) electrons. The van der Waals surface area contributed by atoms with Crippen LogP contribution < -0.4 is 5.32 Å². The van der Waals surface area contributed by atoms with Crippen molar-refractivity contribution < 1.29 is 0 Å². The van der Waals surface area contributed by atoms with Crippen molar-refractivity contribution in [3.63, 3.8) is 0 Å². The van der Waals surface area contributed by atoms with Crippen molar-refractivity contribution in [2.45, 2.75) is 39.8 Å². The average molecular weight is 332 g/mol. The minimum Gasteiger partial charge on any atom is -0.304 e. The number of benzene rings is 2.